The maximum atomic E-state index is 13.7. The van der Waals surface area contributed by atoms with Crippen LogP contribution >= 0.6 is 15.9 Å². The SMILES string of the molecule is CC(C)CNC(C(N)=O)c1ccc(Br)cc1F. The van der Waals surface area contributed by atoms with E-state index in [1.165, 1.54) is 6.07 Å². The number of amides is 1. The van der Waals surface area contributed by atoms with E-state index in [0.29, 0.717) is 16.9 Å². The molecule has 3 N–H and O–H groups in total. The van der Waals surface area contributed by atoms with Gasteiger partial charge in [0.05, 0.1) is 0 Å². The lowest BCUT2D eigenvalue weighted by Gasteiger charge is -2.18. The summed E-state index contributed by atoms with van der Waals surface area (Å²) in [5.74, 6) is -0.665. The van der Waals surface area contributed by atoms with Crippen molar-refractivity contribution in [2.45, 2.75) is 19.9 Å². The Bertz CT molecular complexity index is 409. The third kappa shape index (κ3) is 4.09. The molecule has 0 aliphatic heterocycles. The second-order valence-corrected chi connectivity index (χ2v) is 5.22. The normalized spacial score (nSPS) is 12.8. The highest BCUT2D eigenvalue weighted by Crippen LogP contribution is 2.21. The fourth-order valence-electron chi connectivity index (χ4n) is 1.45. The van der Waals surface area contributed by atoms with Crippen molar-refractivity contribution < 1.29 is 9.18 Å². The molecule has 0 aliphatic carbocycles. The van der Waals surface area contributed by atoms with E-state index in [1.54, 1.807) is 12.1 Å². The second kappa shape index (κ2) is 6.12. The van der Waals surface area contributed by atoms with Crippen LogP contribution in [0.15, 0.2) is 22.7 Å². The van der Waals surface area contributed by atoms with Crippen molar-refractivity contribution in [2.75, 3.05) is 6.54 Å². The van der Waals surface area contributed by atoms with Crippen molar-refractivity contribution in [1.29, 1.82) is 0 Å². The quantitative estimate of drug-likeness (QED) is 0.877. The summed E-state index contributed by atoms with van der Waals surface area (Å²) in [6.45, 7) is 4.61. The van der Waals surface area contributed by atoms with Gasteiger partial charge >= 0.3 is 0 Å². The Labute approximate surface area is 109 Å². The minimum atomic E-state index is -0.787. The average molecular weight is 303 g/mol. The van der Waals surface area contributed by atoms with Gasteiger partial charge in [0.1, 0.15) is 11.9 Å². The van der Waals surface area contributed by atoms with Crippen molar-refractivity contribution in [3.8, 4) is 0 Å². The van der Waals surface area contributed by atoms with Crippen LogP contribution in [0.4, 0.5) is 4.39 Å². The average Bonchev–Trinajstić information content (AvgIpc) is 2.20. The lowest BCUT2D eigenvalue weighted by molar-refractivity contribution is -0.120. The van der Waals surface area contributed by atoms with E-state index in [2.05, 4.69) is 21.2 Å². The number of carbonyl (C=O) groups is 1. The third-order valence-corrected chi connectivity index (χ3v) is 2.78. The van der Waals surface area contributed by atoms with Crippen LogP contribution in [0.5, 0.6) is 0 Å². The van der Waals surface area contributed by atoms with Crippen LogP contribution in [-0.4, -0.2) is 12.5 Å². The van der Waals surface area contributed by atoms with Crippen LogP contribution in [0.1, 0.15) is 25.5 Å². The molecule has 1 aromatic rings. The highest BCUT2D eigenvalue weighted by Gasteiger charge is 2.21. The van der Waals surface area contributed by atoms with E-state index >= 15 is 0 Å². The zero-order valence-corrected chi connectivity index (χ0v) is 11.4. The number of nitrogens with one attached hydrogen (secondary N) is 1. The van der Waals surface area contributed by atoms with Crippen molar-refractivity contribution in [1.82, 2.24) is 5.32 Å². The zero-order valence-electron chi connectivity index (χ0n) is 9.84. The number of nitrogens with two attached hydrogens (primary N) is 1. The molecule has 3 nitrogen and oxygen atoms in total. The van der Waals surface area contributed by atoms with Crippen molar-refractivity contribution in [2.24, 2.45) is 11.7 Å². The first-order valence-corrected chi connectivity index (χ1v) is 6.18. The largest absolute Gasteiger partial charge is 0.368 e. The van der Waals surface area contributed by atoms with Gasteiger partial charge in [-0.2, -0.15) is 0 Å². The van der Waals surface area contributed by atoms with E-state index < -0.39 is 17.8 Å². The number of hydrogen-bond acceptors (Lipinski definition) is 2. The predicted molar refractivity (Wildman–Crippen MR) is 68.9 cm³/mol. The summed E-state index contributed by atoms with van der Waals surface area (Å²) in [4.78, 5) is 11.3. The number of rotatable bonds is 5. The summed E-state index contributed by atoms with van der Waals surface area (Å²) >= 11 is 3.17. The molecule has 5 heteroatoms. The van der Waals surface area contributed by atoms with Gasteiger partial charge in [0, 0.05) is 10.0 Å². The van der Waals surface area contributed by atoms with Crippen LogP contribution < -0.4 is 11.1 Å². The molecule has 0 spiro atoms. The molecular weight excluding hydrogens is 287 g/mol. The van der Waals surface area contributed by atoms with E-state index in [-0.39, 0.29) is 5.56 Å². The van der Waals surface area contributed by atoms with Gasteiger partial charge < -0.3 is 11.1 Å². The molecule has 0 radical (unpaired) electrons. The van der Waals surface area contributed by atoms with E-state index in [4.69, 9.17) is 5.73 Å². The molecule has 1 atom stereocenters. The topological polar surface area (TPSA) is 55.1 Å². The minimum Gasteiger partial charge on any atom is -0.368 e. The van der Waals surface area contributed by atoms with Gasteiger partial charge in [-0.25, -0.2) is 4.39 Å². The molecule has 94 valence electrons. The van der Waals surface area contributed by atoms with Gasteiger partial charge in [0.2, 0.25) is 5.91 Å². The molecule has 0 aliphatic rings. The summed E-state index contributed by atoms with van der Waals surface area (Å²) in [5.41, 5.74) is 5.56. The molecule has 0 saturated carbocycles. The monoisotopic (exact) mass is 302 g/mol. The standard InChI is InChI=1S/C12H16BrFN2O/c1-7(2)6-16-11(12(15)17)9-4-3-8(13)5-10(9)14/h3-5,7,11,16H,6H2,1-2H3,(H2,15,17). The molecule has 1 rings (SSSR count). The molecule has 17 heavy (non-hydrogen) atoms. The van der Waals surface area contributed by atoms with Crippen LogP contribution in [0, 0.1) is 11.7 Å². The fourth-order valence-corrected chi connectivity index (χ4v) is 1.79. The summed E-state index contributed by atoms with van der Waals surface area (Å²) in [7, 11) is 0. The number of hydrogen-bond donors (Lipinski definition) is 2. The minimum absolute atomic E-state index is 0.279. The third-order valence-electron chi connectivity index (χ3n) is 2.29. The zero-order chi connectivity index (χ0) is 13.0. The smallest absolute Gasteiger partial charge is 0.239 e. The molecule has 0 bridgehead atoms. The van der Waals surface area contributed by atoms with Gasteiger partial charge in [-0.1, -0.05) is 35.8 Å². The molecule has 0 aromatic heterocycles. The Morgan fingerprint density at radius 3 is 2.65 bits per heavy atom. The number of carbonyl (C=O) groups excluding carboxylic acids is 1. The van der Waals surface area contributed by atoms with Gasteiger partial charge in [-0.15, -0.1) is 0 Å². The first-order chi connectivity index (χ1) is 7.91. The Morgan fingerprint density at radius 2 is 2.18 bits per heavy atom. The number of benzene rings is 1. The van der Waals surface area contributed by atoms with Gasteiger partial charge in [-0.05, 0) is 24.6 Å². The fraction of sp³-hybridized carbons (Fsp3) is 0.417. The molecule has 1 unspecified atom stereocenters. The molecule has 0 heterocycles. The first kappa shape index (κ1) is 14.1. The van der Waals surface area contributed by atoms with Gasteiger partial charge in [-0.3, -0.25) is 4.79 Å². The van der Waals surface area contributed by atoms with Crippen molar-refractivity contribution >= 4 is 21.8 Å². The van der Waals surface area contributed by atoms with E-state index in [9.17, 15) is 9.18 Å². The molecule has 1 amide bonds. The second-order valence-electron chi connectivity index (χ2n) is 4.30. The molecular formula is C12H16BrFN2O. The molecule has 1 aromatic carbocycles. The van der Waals surface area contributed by atoms with Crippen molar-refractivity contribution in [3.05, 3.63) is 34.1 Å². The maximum Gasteiger partial charge on any atom is 0.239 e. The highest BCUT2D eigenvalue weighted by molar-refractivity contribution is 9.10. The van der Waals surface area contributed by atoms with Gasteiger partial charge in [0.15, 0.2) is 0 Å². The molecule has 0 saturated heterocycles. The Kier molecular flexibility index (Phi) is 5.08. The van der Waals surface area contributed by atoms with Crippen LogP contribution in [0.25, 0.3) is 0 Å². The highest BCUT2D eigenvalue weighted by atomic mass is 79.9. The summed E-state index contributed by atoms with van der Waals surface area (Å²) < 4.78 is 14.3. The first-order valence-electron chi connectivity index (χ1n) is 5.39. The Morgan fingerprint density at radius 1 is 1.53 bits per heavy atom. The van der Waals surface area contributed by atoms with Gasteiger partial charge in [0.25, 0.3) is 0 Å². The number of primary amides is 1. The maximum absolute atomic E-state index is 13.7. The summed E-state index contributed by atoms with van der Waals surface area (Å²) in [6, 6.07) is 3.78. The summed E-state index contributed by atoms with van der Waals surface area (Å²) in [5, 5.41) is 2.97. The van der Waals surface area contributed by atoms with Crippen molar-refractivity contribution in [3.63, 3.8) is 0 Å². The lowest BCUT2D eigenvalue weighted by atomic mass is 10.0. The molecule has 0 fully saturated rings. The van der Waals surface area contributed by atoms with Crippen LogP contribution in [0.3, 0.4) is 0 Å². The lowest BCUT2D eigenvalue weighted by Crippen LogP contribution is -2.36. The van der Waals surface area contributed by atoms with E-state index in [0.717, 1.165) is 0 Å². The predicted octanol–water partition coefficient (Wildman–Crippen LogP) is 2.36. The Hall–Kier alpha value is -0.940. The summed E-state index contributed by atoms with van der Waals surface area (Å²) in [6.07, 6.45) is 0. The Balaban J connectivity index is 2.93. The van der Waals surface area contributed by atoms with Crippen LogP contribution in [-0.2, 0) is 4.79 Å². The van der Waals surface area contributed by atoms with Crippen LogP contribution in [0.2, 0.25) is 0 Å². The number of halogens is 2. The van der Waals surface area contributed by atoms with E-state index in [1.807, 2.05) is 13.8 Å².